The molecule has 28 heavy (non-hydrogen) atoms. The Bertz CT molecular complexity index is 1010. The average molecular weight is 371 g/mol. The fourth-order valence-electron chi connectivity index (χ4n) is 2.68. The molecule has 0 unspecified atom stereocenters. The van der Waals surface area contributed by atoms with Crippen LogP contribution in [-0.2, 0) is 4.79 Å². The lowest BCUT2D eigenvalue weighted by molar-refractivity contribution is -0.116. The molecular weight excluding hydrogens is 350 g/mol. The van der Waals surface area contributed by atoms with Gasteiger partial charge in [-0.15, -0.1) is 0 Å². The molecular formula is C23H21N3O2. The smallest absolute Gasteiger partial charge is 0.246 e. The highest BCUT2D eigenvalue weighted by Crippen LogP contribution is 2.24. The maximum absolute atomic E-state index is 12.4. The number of nitrogens with one attached hydrogen (secondary N) is 2. The van der Waals surface area contributed by atoms with Gasteiger partial charge in [0.25, 0.3) is 0 Å². The van der Waals surface area contributed by atoms with Crippen LogP contribution in [0.2, 0.25) is 0 Å². The predicted molar refractivity (Wildman–Crippen MR) is 111 cm³/mol. The van der Waals surface area contributed by atoms with E-state index in [4.69, 9.17) is 10.00 Å². The molecule has 5 nitrogen and oxygen atoms in total. The number of hydrogen-bond donors (Lipinski definition) is 2. The highest BCUT2D eigenvalue weighted by Gasteiger charge is 2.14. The minimum absolute atomic E-state index is 0.220. The van der Waals surface area contributed by atoms with E-state index in [0.29, 0.717) is 11.3 Å². The van der Waals surface area contributed by atoms with Crippen LogP contribution in [-0.4, -0.2) is 11.9 Å². The molecule has 0 spiro atoms. The van der Waals surface area contributed by atoms with Gasteiger partial charge in [-0.25, -0.2) is 0 Å². The van der Waals surface area contributed by atoms with Gasteiger partial charge in [-0.05, 0) is 67.9 Å². The van der Waals surface area contributed by atoms with Crippen LogP contribution in [0.4, 0.5) is 11.4 Å². The lowest BCUT2D eigenvalue weighted by Crippen LogP contribution is -2.32. The zero-order valence-corrected chi connectivity index (χ0v) is 15.8. The Hall–Kier alpha value is -3.78. The molecule has 0 aliphatic rings. The van der Waals surface area contributed by atoms with Crippen molar-refractivity contribution in [2.24, 2.45) is 0 Å². The van der Waals surface area contributed by atoms with Gasteiger partial charge in [0.05, 0.1) is 11.3 Å². The molecule has 0 aliphatic heterocycles. The second-order valence-electron chi connectivity index (χ2n) is 6.46. The Morgan fingerprint density at radius 3 is 2.46 bits per heavy atom. The normalized spacial score (nSPS) is 11.2. The molecule has 1 atom stereocenters. The quantitative estimate of drug-likeness (QED) is 0.632. The molecule has 0 heterocycles. The van der Waals surface area contributed by atoms with Crippen molar-refractivity contribution in [1.29, 1.82) is 5.26 Å². The second-order valence-corrected chi connectivity index (χ2v) is 6.46. The van der Waals surface area contributed by atoms with Gasteiger partial charge in [-0.1, -0.05) is 24.3 Å². The Morgan fingerprint density at radius 1 is 1.00 bits per heavy atom. The maximum Gasteiger partial charge on any atom is 0.246 e. The van der Waals surface area contributed by atoms with Gasteiger partial charge >= 0.3 is 0 Å². The number of amides is 1. The van der Waals surface area contributed by atoms with Crippen molar-refractivity contribution < 1.29 is 9.53 Å². The lowest BCUT2D eigenvalue weighted by Gasteiger charge is -2.16. The van der Waals surface area contributed by atoms with Crippen LogP contribution in [0.5, 0.6) is 11.5 Å². The van der Waals surface area contributed by atoms with Gasteiger partial charge in [-0.3, -0.25) is 4.79 Å². The van der Waals surface area contributed by atoms with E-state index in [-0.39, 0.29) is 5.91 Å². The Morgan fingerprint density at radius 2 is 1.75 bits per heavy atom. The third-order valence-corrected chi connectivity index (χ3v) is 4.16. The summed E-state index contributed by atoms with van der Waals surface area (Å²) in [5, 5.41) is 15.1. The predicted octanol–water partition coefficient (Wildman–Crippen LogP) is 5.10. The molecule has 0 bridgehead atoms. The summed E-state index contributed by atoms with van der Waals surface area (Å²) >= 11 is 0. The highest BCUT2D eigenvalue weighted by atomic mass is 16.5. The van der Waals surface area contributed by atoms with Gasteiger partial charge in [0.2, 0.25) is 5.91 Å². The Labute approximate surface area is 164 Å². The van der Waals surface area contributed by atoms with Crippen LogP contribution in [0.25, 0.3) is 0 Å². The van der Waals surface area contributed by atoms with Crippen molar-refractivity contribution in [3.05, 3.63) is 83.9 Å². The molecule has 3 rings (SSSR count). The summed E-state index contributed by atoms with van der Waals surface area (Å²) in [5.74, 6) is 1.28. The lowest BCUT2D eigenvalue weighted by atomic mass is 10.2. The van der Waals surface area contributed by atoms with Gasteiger partial charge in [-0.2, -0.15) is 5.26 Å². The monoisotopic (exact) mass is 371 g/mol. The third-order valence-electron chi connectivity index (χ3n) is 4.16. The van der Waals surface area contributed by atoms with Crippen molar-refractivity contribution in [2.45, 2.75) is 19.9 Å². The molecule has 0 fully saturated rings. The molecule has 0 saturated carbocycles. The van der Waals surface area contributed by atoms with Crippen molar-refractivity contribution in [3.8, 4) is 17.6 Å². The second kappa shape index (κ2) is 8.74. The summed E-state index contributed by atoms with van der Waals surface area (Å²) in [6.07, 6.45) is 0. The van der Waals surface area contributed by atoms with Crippen molar-refractivity contribution >= 4 is 17.3 Å². The summed E-state index contributed by atoms with van der Waals surface area (Å²) < 4.78 is 5.83. The maximum atomic E-state index is 12.4. The van der Waals surface area contributed by atoms with Crippen LogP contribution >= 0.6 is 0 Å². The topological polar surface area (TPSA) is 74.2 Å². The average Bonchev–Trinajstić information content (AvgIpc) is 2.70. The van der Waals surface area contributed by atoms with Crippen LogP contribution in [0.3, 0.4) is 0 Å². The van der Waals surface area contributed by atoms with E-state index in [9.17, 15) is 4.79 Å². The highest BCUT2D eigenvalue weighted by molar-refractivity contribution is 5.97. The number of nitriles is 1. The van der Waals surface area contributed by atoms with Gasteiger partial charge < -0.3 is 15.4 Å². The number of nitrogens with zero attached hydrogens (tertiary/aromatic N) is 1. The van der Waals surface area contributed by atoms with E-state index < -0.39 is 6.04 Å². The third kappa shape index (κ3) is 4.89. The number of aryl methyl sites for hydroxylation is 1. The van der Waals surface area contributed by atoms with E-state index in [1.807, 2.05) is 55.5 Å². The molecule has 3 aromatic rings. The molecule has 2 N–H and O–H groups in total. The van der Waals surface area contributed by atoms with Crippen LogP contribution in [0, 0.1) is 18.3 Å². The molecule has 5 heteroatoms. The van der Waals surface area contributed by atoms with E-state index in [0.717, 1.165) is 22.7 Å². The zero-order chi connectivity index (χ0) is 19.9. The number of para-hydroxylation sites is 1. The zero-order valence-electron chi connectivity index (χ0n) is 15.8. The standard InChI is InChI=1S/C23H21N3O2/c1-16-6-5-8-21(14-16)28-20-12-10-19(11-13-20)25-17(2)23(27)26-22-9-4-3-7-18(22)15-24/h3-14,17,25H,1-2H3,(H,26,27)/t17-/m0/s1. The summed E-state index contributed by atoms with van der Waals surface area (Å²) in [6, 6.07) is 23.8. The minimum atomic E-state index is -0.477. The number of ether oxygens (including phenoxy) is 1. The molecule has 1 amide bonds. The Balaban J connectivity index is 1.60. The Kier molecular flexibility index (Phi) is 5.93. The van der Waals surface area contributed by atoms with Crippen LogP contribution < -0.4 is 15.4 Å². The fraction of sp³-hybridized carbons (Fsp3) is 0.130. The van der Waals surface area contributed by atoms with E-state index >= 15 is 0 Å². The molecule has 3 aromatic carbocycles. The van der Waals surface area contributed by atoms with Crippen LogP contribution in [0.1, 0.15) is 18.1 Å². The first-order valence-corrected chi connectivity index (χ1v) is 8.96. The van der Waals surface area contributed by atoms with Crippen LogP contribution in [0.15, 0.2) is 72.8 Å². The molecule has 0 aliphatic carbocycles. The molecule has 0 saturated heterocycles. The largest absolute Gasteiger partial charge is 0.457 e. The van der Waals surface area contributed by atoms with Gasteiger partial charge in [0.15, 0.2) is 0 Å². The number of anilines is 2. The fourth-order valence-corrected chi connectivity index (χ4v) is 2.68. The molecule has 0 aromatic heterocycles. The van der Waals surface area contributed by atoms with E-state index in [1.165, 1.54) is 0 Å². The van der Waals surface area contributed by atoms with Gasteiger partial charge in [0.1, 0.15) is 23.6 Å². The number of carbonyl (C=O) groups is 1. The molecule has 140 valence electrons. The van der Waals surface area contributed by atoms with E-state index in [2.05, 4.69) is 16.7 Å². The number of hydrogen-bond acceptors (Lipinski definition) is 4. The van der Waals surface area contributed by atoms with E-state index in [1.54, 1.807) is 31.2 Å². The first-order valence-electron chi connectivity index (χ1n) is 8.96. The first-order chi connectivity index (χ1) is 13.5. The minimum Gasteiger partial charge on any atom is -0.457 e. The van der Waals surface area contributed by atoms with Gasteiger partial charge in [0, 0.05) is 5.69 Å². The number of benzene rings is 3. The SMILES string of the molecule is Cc1cccc(Oc2ccc(N[C@@H](C)C(=O)Nc3ccccc3C#N)cc2)c1. The van der Waals surface area contributed by atoms with Crippen molar-refractivity contribution in [3.63, 3.8) is 0 Å². The summed E-state index contributed by atoms with van der Waals surface area (Å²) in [4.78, 5) is 12.4. The number of rotatable bonds is 6. The number of carbonyl (C=O) groups excluding carboxylic acids is 1. The summed E-state index contributed by atoms with van der Waals surface area (Å²) in [6.45, 7) is 3.78. The summed E-state index contributed by atoms with van der Waals surface area (Å²) in [5.41, 5.74) is 2.87. The first kappa shape index (κ1) is 19.0. The van der Waals surface area contributed by atoms with Crippen molar-refractivity contribution in [1.82, 2.24) is 0 Å². The van der Waals surface area contributed by atoms with Crippen molar-refractivity contribution in [2.75, 3.05) is 10.6 Å². The molecule has 0 radical (unpaired) electrons. The summed E-state index contributed by atoms with van der Waals surface area (Å²) in [7, 11) is 0.